The normalized spacial score (nSPS) is 17.6. The van der Waals surface area contributed by atoms with Crippen LogP contribution in [-0.4, -0.2) is 47.4 Å². The highest BCUT2D eigenvalue weighted by Gasteiger charge is 2.42. The third-order valence-corrected chi connectivity index (χ3v) is 3.15. The summed E-state index contributed by atoms with van der Waals surface area (Å²) in [5, 5.41) is 9.21. The number of rotatable bonds is 6. The first-order valence-electron chi connectivity index (χ1n) is 5.61. The van der Waals surface area contributed by atoms with Crippen molar-refractivity contribution in [3.8, 4) is 0 Å². The van der Waals surface area contributed by atoms with Crippen LogP contribution in [0.3, 0.4) is 0 Å². The van der Waals surface area contributed by atoms with Gasteiger partial charge >= 0.3 is 5.97 Å². The maximum Gasteiger partial charge on any atom is 0.322 e. The Labute approximate surface area is 103 Å². The molecule has 0 aromatic heterocycles. The monoisotopic (exact) mass is 244 g/mol. The molecule has 0 amide bonds. The molecule has 17 heavy (non-hydrogen) atoms. The molecule has 0 aromatic carbocycles. The van der Waals surface area contributed by atoms with Gasteiger partial charge in [-0.25, -0.2) is 0 Å². The second kappa shape index (κ2) is 5.14. The van der Waals surface area contributed by atoms with Crippen LogP contribution in [0.15, 0.2) is 0 Å². The van der Waals surface area contributed by atoms with Crippen molar-refractivity contribution in [2.45, 2.75) is 45.7 Å². The first kappa shape index (κ1) is 16.1. The van der Waals surface area contributed by atoms with Gasteiger partial charge in [0.1, 0.15) is 11.8 Å². The Bertz CT molecular complexity index is 309. The molecular formula is C12H24N2O3. The fourth-order valence-electron chi connectivity index (χ4n) is 2.27. The third kappa shape index (κ3) is 4.09. The van der Waals surface area contributed by atoms with Crippen molar-refractivity contribution in [2.24, 2.45) is 11.1 Å². The van der Waals surface area contributed by atoms with Crippen LogP contribution in [0.2, 0.25) is 0 Å². The number of likely N-dealkylation sites (N-methyl/N-ethyl adjacent to an activating group) is 1. The van der Waals surface area contributed by atoms with Gasteiger partial charge in [0, 0.05) is 11.0 Å². The Morgan fingerprint density at radius 2 is 1.71 bits per heavy atom. The molecule has 0 saturated heterocycles. The standard InChI is InChI=1S/C12H24N2O3/c1-8(15)11(2,3)7-12(4,13)9(10(16)17)14(5)6/h9H,7,13H2,1-6H3,(H,16,17). The number of hydrogen-bond acceptors (Lipinski definition) is 4. The number of nitrogens with two attached hydrogens (primary N) is 1. The molecular weight excluding hydrogens is 220 g/mol. The molecule has 5 heteroatoms. The first-order chi connectivity index (χ1) is 7.42. The van der Waals surface area contributed by atoms with E-state index in [0.717, 1.165) is 0 Å². The third-order valence-electron chi connectivity index (χ3n) is 3.15. The molecule has 3 N–H and O–H groups in total. The number of ketones is 1. The van der Waals surface area contributed by atoms with Crippen molar-refractivity contribution in [3.05, 3.63) is 0 Å². The molecule has 0 radical (unpaired) electrons. The van der Waals surface area contributed by atoms with Crippen molar-refractivity contribution >= 4 is 11.8 Å². The predicted octanol–water partition coefficient (Wildman–Crippen LogP) is 0.724. The lowest BCUT2D eigenvalue weighted by Gasteiger charge is -2.39. The van der Waals surface area contributed by atoms with E-state index in [4.69, 9.17) is 5.73 Å². The van der Waals surface area contributed by atoms with Crippen LogP contribution < -0.4 is 5.73 Å². The van der Waals surface area contributed by atoms with Gasteiger partial charge in [0.15, 0.2) is 0 Å². The van der Waals surface area contributed by atoms with Gasteiger partial charge in [0.25, 0.3) is 0 Å². The number of carbonyl (C=O) groups is 2. The fourth-order valence-corrected chi connectivity index (χ4v) is 2.27. The molecule has 0 aliphatic carbocycles. The van der Waals surface area contributed by atoms with Gasteiger partial charge in [0.05, 0.1) is 0 Å². The SMILES string of the molecule is CC(=O)C(C)(C)CC(C)(N)C(C(=O)O)N(C)C. The molecule has 5 nitrogen and oxygen atoms in total. The van der Waals surface area contributed by atoms with E-state index in [1.165, 1.54) is 6.92 Å². The second-order valence-corrected chi connectivity index (χ2v) is 5.83. The van der Waals surface area contributed by atoms with Gasteiger partial charge in [0.2, 0.25) is 0 Å². The minimum absolute atomic E-state index is 0.0112. The van der Waals surface area contributed by atoms with Gasteiger partial charge in [-0.1, -0.05) is 13.8 Å². The zero-order valence-electron chi connectivity index (χ0n) is 11.6. The number of carboxylic acid groups (broad SMARTS) is 1. The maximum absolute atomic E-state index is 11.5. The first-order valence-corrected chi connectivity index (χ1v) is 5.61. The van der Waals surface area contributed by atoms with Crippen molar-refractivity contribution in [1.82, 2.24) is 4.90 Å². The molecule has 0 spiro atoms. The summed E-state index contributed by atoms with van der Waals surface area (Å²) in [6, 6.07) is -0.818. The van der Waals surface area contributed by atoms with Crippen LogP contribution in [0.5, 0.6) is 0 Å². The van der Waals surface area contributed by atoms with E-state index in [1.807, 2.05) is 0 Å². The lowest BCUT2D eigenvalue weighted by atomic mass is 9.74. The van der Waals surface area contributed by atoms with E-state index in [1.54, 1.807) is 39.8 Å². The Balaban J connectivity index is 5.12. The molecule has 0 saturated carbocycles. The number of nitrogens with zero attached hydrogens (tertiary/aromatic N) is 1. The summed E-state index contributed by atoms with van der Waals surface area (Å²) >= 11 is 0. The number of aliphatic carboxylic acids is 1. The zero-order valence-corrected chi connectivity index (χ0v) is 11.6. The van der Waals surface area contributed by atoms with E-state index < -0.39 is 23.0 Å². The number of Topliss-reactive ketones (excluding diaryl/α,β-unsaturated/α-hetero) is 1. The molecule has 0 rings (SSSR count). The lowest BCUT2D eigenvalue weighted by Crippen LogP contribution is -2.60. The summed E-state index contributed by atoms with van der Waals surface area (Å²) in [5.74, 6) is -0.962. The van der Waals surface area contributed by atoms with Gasteiger partial charge in [-0.05, 0) is 34.4 Å². The zero-order chi connectivity index (χ0) is 14.0. The summed E-state index contributed by atoms with van der Waals surface area (Å²) in [4.78, 5) is 24.3. The molecule has 2 unspecified atom stereocenters. The molecule has 2 atom stereocenters. The smallest absolute Gasteiger partial charge is 0.322 e. The number of carboxylic acids is 1. The topological polar surface area (TPSA) is 83.6 Å². The van der Waals surface area contributed by atoms with Gasteiger partial charge in [-0.2, -0.15) is 0 Å². The van der Waals surface area contributed by atoms with Crippen molar-refractivity contribution in [1.29, 1.82) is 0 Å². The fraction of sp³-hybridized carbons (Fsp3) is 0.833. The van der Waals surface area contributed by atoms with E-state index in [-0.39, 0.29) is 5.78 Å². The van der Waals surface area contributed by atoms with E-state index in [0.29, 0.717) is 6.42 Å². The molecule has 0 fully saturated rings. The molecule has 100 valence electrons. The molecule has 0 aromatic rings. The summed E-state index contributed by atoms with van der Waals surface area (Å²) in [7, 11) is 3.34. The highest BCUT2D eigenvalue weighted by atomic mass is 16.4. The summed E-state index contributed by atoms with van der Waals surface area (Å²) in [6.45, 7) is 6.75. The average Bonchev–Trinajstić information content (AvgIpc) is 1.97. The van der Waals surface area contributed by atoms with Crippen LogP contribution in [0.1, 0.15) is 34.1 Å². The average molecular weight is 244 g/mol. The van der Waals surface area contributed by atoms with Crippen molar-refractivity contribution in [3.63, 3.8) is 0 Å². The lowest BCUT2D eigenvalue weighted by molar-refractivity contribution is -0.146. The molecule has 0 aliphatic heterocycles. The summed E-state index contributed by atoms with van der Waals surface area (Å²) < 4.78 is 0. The van der Waals surface area contributed by atoms with Crippen molar-refractivity contribution in [2.75, 3.05) is 14.1 Å². The minimum atomic E-state index is -0.973. The van der Waals surface area contributed by atoms with Gasteiger partial charge in [-0.3, -0.25) is 14.5 Å². The summed E-state index contributed by atoms with van der Waals surface area (Å²) in [6.07, 6.45) is 0.324. The highest BCUT2D eigenvalue weighted by molar-refractivity contribution is 5.82. The van der Waals surface area contributed by atoms with Crippen molar-refractivity contribution < 1.29 is 14.7 Å². The molecule has 0 bridgehead atoms. The molecule has 0 heterocycles. The largest absolute Gasteiger partial charge is 0.480 e. The number of carbonyl (C=O) groups excluding carboxylic acids is 1. The van der Waals surface area contributed by atoms with Crippen LogP contribution >= 0.6 is 0 Å². The summed E-state index contributed by atoms with van der Waals surface area (Å²) in [5.41, 5.74) is 4.53. The quantitative estimate of drug-likeness (QED) is 0.719. The van der Waals surface area contributed by atoms with Gasteiger partial charge in [-0.15, -0.1) is 0 Å². The van der Waals surface area contributed by atoms with Crippen LogP contribution in [0, 0.1) is 5.41 Å². The Morgan fingerprint density at radius 3 is 1.94 bits per heavy atom. The number of hydrogen-bond donors (Lipinski definition) is 2. The van der Waals surface area contributed by atoms with Gasteiger partial charge < -0.3 is 10.8 Å². The molecule has 0 aliphatic rings. The second-order valence-electron chi connectivity index (χ2n) is 5.83. The Morgan fingerprint density at radius 1 is 1.29 bits per heavy atom. The maximum atomic E-state index is 11.5. The minimum Gasteiger partial charge on any atom is -0.480 e. The Kier molecular flexibility index (Phi) is 4.86. The van der Waals surface area contributed by atoms with Crippen LogP contribution in [-0.2, 0) is 9.59 Å². The van der Waals surface area contributed by atoms with E-state index in [2.05, 4.69) is 0 Å². The highest BCUT2D eigenvalue weighted by Crippen LogP contribution is 2.30. The van der Waals surface area contributed by atoms with Crippen LogP contribution in [0.25, 0.3) is 0 Å². The Hall–Kier alpha value is -0.940. The van der Waals surface area contributed by atoms with E-state index >= 15 is 0 Å². The van der Waals surface area contributed by atoms with Crippen LogP contribution in [0.4, 0.5) is 0 Å². The van der Waals surface area contributed by atoms with E-state index in [9.17, 15) is 14.7 Å². The predicted molar refractivity (Wildman–Crippen MR) is 66.8 cm³/mol.